The maximum absolute atomic E-state index is 12.3. The Bertz CT molecular complexity index is 499. The molecule has 18 heavy (non-hydrogen) atoms. The summed E-state index contributed by atoms with van der Waals surface area (Å²) >= 11 is 0. The van der Waals surface area contributed by atoms with Crippen molar-refractivity contribution >= 4 is 11.8 Å². The van der Waals surface area contributed by atoms with Gasteiger partial charge in [0.2, 0.25) is 5.91 Å². The summed E-state index contributed by atoms with van der Waals surface area (Å²) in [6.07, 6.45) is 0. The average Bonchev–Trinajstić information content (AvgIpc) is 2.32. The summed E-state index contributed by atoms with van der Waals surface area (Å²) in [6, 6.07) is 4.39. The van der Waals surface area contributed by atoms with Crippen molar-refractivity contribution in [1.82, 2.24) is 10.2 Å². The zero-order valence-electron chi connectivity index (χ0n) is 10.4. The second-order valence-electron chi connectivity index (χ2n) is 4.49. The minimum Gasteiger partial charge on any atom is -0.507 e. The molecule has 0 saturated carbocycles. The molecule has 96 valence electrons. The van der Waals surface area contributed by atoms with Gasteiger partial charge in [-0.2, -0.15) is 0 Å². The van der Waals surface area contributed by atoms with Crippen LogP contribution in [-0.2, 0) is 4.79 Å². The first-order chi connectivity index (χ1) is 8.50. The Morgan fingerprint density at radius 1 is 1.50 bits per heavy atom. The largest absolute Gasteiger partial charge is 0.507 e. The molecule has 0 bridgehead atoms. The fraction of sp³-hybridized carbons (Fsp3) is 0.385. The Morgan fingerprint density at radius 3 is 2.89 bits per heavy atom. The molecule has 1 aliphatic rings. The summed E-state index contributed by atoms with van der Waals surface area (Å²) in [5, 5.41) is 12.5. The van der Waals surface area contributed by atoms with E-state index in [1.807, 2.05) is 6.92 Å². The van der Waals surface area contributed by atoms with Gasteiger partial charge >= 0.3 is 0 Å². The number of piperazine rings is 1. The molecule has 2 N–H and O–H groups in total. The molecule has 1 atom stereocenters. The lowest BCUT2D eigenvalue weighted by Gasteiger charge is -2.33. The smallest absolute Gasteiger partial charge is 0.258 e. The number of nitrogens with zero attached hydrogens (tertiary/aromatic N) is 1. The number of carbonyl (C=O) groups is 2. The third-order valence-electron chi connectivity index (χ3n) is 3.14. The third kappa shape index (κ3) is 2.16. The van der Waals surface area contributed by atoms with Gasteiger partial charge in [-0.1, -0.05) is 6.07 Å². The van der Waals surface area contributed by atoms with Crippen LogP contribution in [0.5, 0.6) is 5.75 Å². The summed E-state index contributed by atoms with van der Waals surface area (Å²) in [5.41, 5.74) is 1.12. The van der Waals surface area contributed by atoms with Crippen molar-refractivity contribution in [2.75, 3.05) is 13.1 Å². The number of amides is 2. The zero-order chi connectivity index (χ0) is 13.3. The van der Waals surface area contributed by atoms with Crippen LogP contribution in [0.4, 0.5) is 0 Å². The van der Waals surface area contributed by atoms with Crippen LogP contribution in [0.2, 0.25) is 0 Å². The quantitative estimate of drug-likeness (QED) is 0.767. The highest BCUT2D eigenvalue weighted by Crippen LogP contribution is 2.21. The summed E-state index contributed by atoms with van der Waals surface area (Å²) in [7, 11) is 0. The fourth-order valence-electron chi connectivity index (χ4n) is 2.04. The van der Waals surface area contributed by atoms with E-state index in [0.717, 1.165) is 5.56 Å². The number of benzene rings is 1. The zero-order valence-corrected chi connectivity index (χ0v) is 10.4. The second-order valence-corrected chi connectivity index (χ2v) is 4.49. The van der Waals surface area contributed by atoms with E-state index in [4.69, 9.17) is 0 Å². The maximum atomic E-state index is 12.3. The van der Waals surface area contributed by atoms with E-state index in [-0.39, 0.29) is 23.1 Å². The van der Waals surface area contributed by atoms with Gasteiger partial charge in [0.25, 0.3) is 5.91 Å². The monoisotopic (exact) mass is 248 g/mol. The summed E-state index contributed by atoms with van der Waals surface area (Å²) in [5.74, 6) is -0.519. The molecule has 0 aliphatic carbocycles. The van der Waals surface area contributed by atoms with E-state index >= 15 is 0 Å². The number of phenolic OH excluding ortho intramolecular Hbond substituents is 1. The van der Waals surface area contributed by atoms with Gasteiger partial charge in [0.1, 0.15) is 11.8 Å². The SMILES string of the molecule is Cc1ccc(C(=O)N2CCNC(=O)C2C)c(O)c1. The van der Waals surface area contributed by atoms with Crippen LogP contribution in [0, 0.1) is 6.92 Å². The Hall–Kier alpha value is -2.04. The lowest BCUT2D eigenvalue weighted by molar-refractivity contribution is -0.127. The maximum Gasteiger partial charge on any atom is 0.258 e. The molecule has 0 radical (unpaired) electrons. The van der Waals surface area contributed by atoms with Crippen molar-refractivity contribution in [3.05, 3.63) is 29.3 Å². The van der Waals surface area contributed by atoms with Gasteiger partial charge in [-0.05, 0) is 31.5 Å². The molecule has 1 aromatic carbocycles. The minimum absolute atomic E-state index is 0.0434. The van der Waals surface area contributed by atoms with Crippen LogP contribution in [0.1, 0.15) is 22.8 Å². The van der Waals surface area contributed by atoms with Crippen molar-refractivity contribution < 1.29 is 14.7 Å². The highest BCUT2D eigenvalue weighted by Gasteiger charge is 2.30. The Labute approximate surface area is 105 Å². The van der Waals surface area contributed by atoms with Gasteiger partial charge < -0.3 is 15.3 Å². The van der Waals surface area contributed by atoms with E-state index in [9.17, 15) is 14.7 Å². The highest BCUT2D eigenvalue weighted by atomic mass is 16.3. The van der Waals surface area contributed by atoms with E-state index < -0.39 is 6.04 Å². The van der Waals surface area contributed by atoms with Crippen molar-refractivity contribution in [3.63, 3.8) is 0 Å². The molecule has 1 aromatic rings. The van der Waals surface area contributed by atoms with Gasteiger partial charge in [-0.3, -0.25) is 9.59 Å². The van der Waals surface area contributed by atoms with Crippen molar-refractivity contribution in [2.24, 2.45) is 0 Å². The summed E-state index contributed by atoms with van der Waals surface area (Å²) in [4.78, 5) is 25.3. The highest BCUT2D eigenvalue weighted by molar-refractivity contribution is 6.00. The van der Waals surface area contributed by atoms with Crippen LogP contribution in [0.15, 0.2) is 18.2 Å². The molecule has 2 rings (SSSR count). The Balaban J connectivity index is 2.28. The van der Waals surface area contributed by atoms with E-state index in [1.54, 1.807) is 25.1 Å². The summed E-state index contributed by atoms with van der Waals surface area (Å²) < 4.78 is 0. The molecule has 1 saturated heterocycles. The molecule has 0 spiro atoms. The van der Waals surface area contributed by atoms with Crippen molar-refractivity contribution in [3.8, 4) is 5.75 Å². The standard InChI is InChI=1S/C13H16N2O3/c1-8-3-4-10(11(16)7-8)13(18)15-6-5-14-12(17)9(15)2/h3-4,7,9,16H,5-6H2,1-2H3,(H,14,17). The van der Waals surface area contributed by atoms with E-state index in [2.05, 4.69) is 5.32 Å². The van der Waals surface area contributed by atoms with E-state index in [0.29, 0.717) is 13.1 Å². The lowest BCUT2D eigenvalue weighted by atomic mass is 10.1. The van der Waals surface area contributed by atoms with Crippen LogP contribution < -0.4 is 5.32 Å². The van der Waals surface area contributed by atoms with Crippen LogP contribution in [-0.4, -0.2) is 41.0 Å². The average molecular weight is 248 g/mol. The predicted octanol–water partition coefficient (Wildman–Crippen LogP) is 0.661. The molecule has 1 heterocycles. The number of carbonyl (C=O) groups excluding carboxylic acids is 2. The molecule has 5 heteroatoms. The van der Waals surface area contributed by atoms with Gasteiger partial charge in [0.05, 0.1) is 5.56 Å². The molecule has 2 amide bonds. The Kier molecular flexibility index (Phi) is 3.23. The van der Waals surface area contributed by atoms with Crippen LogP contribution in [0.3, 0.4) is 0 Å². The molecular weight excluding hydrogens is 232 g/mol. The first kappa shape index (κ1) is 12.4. The van der Waals surface area contributed by atoms with Crippen LogP contribution in [0.25, 0.3) is 0 Å². The number of hydrogen-bond donors (Lipinski definition) is 2. The van der Waals surface area contributed by atoms with Gasteiger partial charge in [-0.15, -0.1) is 0 Å². The lowest BCUT2D eigenvalue weighted by Crippen LogP contribution is -2.55. The number of rotatable bonds is 1. The van der Waals surface area contributed by atoms with Crippen LogP contribution >= 0.6 is 0 Å². The number of phenols is 1. The van der Waals surface area contributed by atoms with Gasteiger partial charge in [0, 0.05) is 13.1 Å². The van der Waals surface area contributed by atoms with Gasteiger partial charge in [0.15, 0.2) is 0 Å². The van der Waals surface area contributed by atoms with Crippen molar-refractivity contribution in [1.29, 1.82) is 0 Å². The molecule has 1 aliphatic heterocycles. The number of aromatic hydroxyl groups is 1. The third-order valence-corrected chi connectivity index (χ3v) is 3.14. The Morgan fingerprint density at radius 2 is 2.22 bits per heavy atom. The first-order valence-corrected chi connectivity index (χ1v) is 5.89. The predicted molar refractivity (Wildman–Crippen MR) is 66.4 cm³/mol. The van der Waals surface area contributed by atoms with Gasteiger partial charge in [-0.25, -0.2) is 0 Å². The molecule has 1 fully saturated rings. The van der Waals surface area contributed by atoms with Crippen molar-refractivity contribution in [2.45, 2.75) is 19.9 Å². The number of hydrogen-bond acceptors (Lipinski definition) is 3. The molecule has 1 unspecified atom stereocenters. The molecular formula is C13H16N2O3. The number of aryl methyl sites for hydroxylation is 1. The number of nitrogens with one attached hydrogen (secondary N) is 1. The topological polar surface area (TPSA) is 69.6 Å². The normalized spacial score (nSPS) is 19.6. The minimum atomic E-state index is -0.507. The fourth-order valence-corrected chi connectivity index (χ4v) is 2.04. The van der Waals surface area contributed by atoms with E-state index in [1.165, 1.54) is 4.90 Å². The second kappa shape index (κ2) is 4.68. The first-order valence-electron chi connectivity index (χ1n) is 5.89. The summed E-state index contributed by atoms with van der Waals surface area (Å²) in [6.45, 7) is 4.42. The molecule has 0 aromatic heterocycles. The molecule has 5 nitrogen and oxygen atoms in total.